The Hall–Kier alpha value is -2.68. The van der Waals surface area contributed by atoms with Gasteiger partial charge >= 0.3 is 0 Å². The second-order valence-electron chi connectivity index (χ2n) is 6.47. The number of carbonyl (C=O) groups excluding carboxylic acids is 1. The van der Waals surface area contributed by atoms with E-state index in [1.807, 2.05) is 6.07 Å². The van der Waals surface area contributed by atoms with Gasteiger partial charge in [-0.05, 0) is 42.5 Å². The Morgan fingerprint density at radius 2 is 1.77 bits per heavy atom. The summed E-state index contributed by atoms with van der Waals surface area (Å²) in [5, 5.41) is 12.4. The molecule has 1 fully saturated rings. The van der Waals surface area contributed by atoms with Crippen LogP contribution in [-0.2, 0) is 4.79 Å². The SMILES string of the molecule is COc1cc(/C=C(\C#N)C(=O)N[C@@H]2CCCC[C@@H]2C)cc(OC)c1OC. The highest BCUT2D eigenvalue weighted by Crippen LogP contribution is 2.38. The minimum atomic E-state index is -0.347. The van der Waals surface area contributed by atoms with Gasteiger partial charge in [-0.2, -0.15) is 5.26 Å². The molecule has 1 N–H and O–H groups in total. The number of nitrogens with one attached hydrogen (secondary N) is 1. The van der Waals surface area contributed by atoms with Gasteiger partial charge in [0, 0.05) is 6.04 Å². The fraction of sp³-hybridized carbons (Fsp3) is 0.500. The van der Waals surface area contributed by atoms with Gasteiger partial charge in [-0.25, -0.2) is 0 Å². The molecule has 6 heteroatoms. The first-order valence-corrected chi connectivity index (χ1v) is 8.76. The lowest BCUT2D eigenvalue weighted by molar-refractivity contribution is -0.118. The largest absolute Gasteiger partial charge is 0.493 e. The highest BCUT2D eigenvalue weighted by atomic mass is 16.5. The van der Waals surface area contributed by atoms with Gasteiger partial charge in [-0.3, -0.25) is 4.79 Å². The molecule has 1 aliphatic carbocycles. The Morgan fingerprint density at radius 3 is 2.27 bits per heavy atom. The summed E-state index contributed by atoms with van der Waals surface area (Å²) in [7, 11) is 4.57. The van der Waals surface area contributed by atoms with Crippen LogP contribution in [0.25, 0.3) is 6.08 Å². The summed E-state index contributed by atoms with van der Waals surface area (Å²) in [6.07, 6.45) is 5.89. The van der Waals surface area contributed by atoms with Crippen molar-refractivity contribution >= 4 is 12.0 Å². The average molecular weight is 358 g/mol. The first-order chi connectivity index (χ1) is 12.5. The number of methoxy groups -OCH3 is 3. The van der Waals surface area contributed by atoms with Crippen molar-refractivity contribution in [3.8, 4) is 23.3 Å². The van der Waals surface area contributed by atoms with Crippen LogP contribution < -0.4 is 19.5 Å². The highest BCUT2D eigenvalue weighted by molar-refractivity contribution is 6.02. The van der Waals surface area contributed by atoms with E-state index in [1.54, 1.807) is 12.1 Å². The summed E-state index contributed by atoms with van der Waals surface area (Å²) < 4.78 is 15.9. The fourth-order valence-electron chi connectivity index (χ4n) is 3.28. The van der Waals surface area contributed by atoms with E-state index in [1.165, 1.54) is 33.8 Å². The Labute approximate surface area is 154 Å². The van der Waals surface area contributed by atoms with Crippen LogP contribution in [0.2, 0.25) is 0 Å². The number of rotatable bonds is 6. The standard InChI is InChI=1S/C20H26N2O4/c1-13-7-5-6-8-16(13)22-20(23)15(12-21)9-14-10-17(24-2)19(26-4)18(11-14)25-3/h9-11,13,16H,5-8H2,1-4H3,(H,22,23)/b15-9+/t13-,16+/m0/s1. The summed E-state index contributed by atoms with van der Waals surface area (Å²) in [5.74, 6) is 1.48. The van der Waals surface area contributed by atoms with Crippen LogP contribution in [0.1, 0.15) is 38.2 Å². The van der Waals surface area contributed by atoms with Crippen molar-refractivity contribution in [3.05, 3.63) is 23.3 Å². The Bertz CT molecular complexity index is 696. The van der Waals surface area contributed by atoms with Gasteiger partial charge in [0.05, 0.1) is 21.3 Å². The number of ether oxygens (including phenoxy) is 3. The third-order valence-corrected chi connectivity index (χ3v) is 4.79. The lowest BCUT2D eigenvalue weighted by Gasteiger charge is -2.29. The quantitative estimate of drug-likeness (QED) is 0.623. The van der Waals surface area contributed by atoms with Gasteiger partial charge in [-0.15, -0.1) is 0 Å². The van der Waals surface area contributed by atoms with Crippen molar-refractivity contribution < 1.29 is 19.0 Å². The van der Waals surface area contributed by atoms with Gasteiger partial charge in [0.15, 0.2) is 11.5 Å². The lowest BCUT2D eigenvalue weighted by atomic mass is 9.86. The van der Waals surface area contributed by atoms with Crippen molar-refractivity contribution in [1.29, 1.82) is 5.26 Å². The second kappa shape index (κ2) is 9.14. The zero-order valence-electron chi connectivity index (χ0n) is 15.8. The second-order valence-corrected chi connectivity index (χ2v) is 6.47. The molecule has 0 aliphatic heterocycles. The molecule has 26 heavy (non-hydrogen) atoms. The fourth-order valence-corrected chi connectivity index (χ4v) is 3.28. The molecule has 0 aromatic heterocycles. The maximum absolute atomic E-state index is 12.5. The van der Waals surface area contributed by atoms with Crippen LogP contribution in [0, 0.1) is 17.2 Å². The Balaban J connectivity index is 2.27. The number of carbonyl (C=O) groups is 1. The number of hydrogen-bond donors (Lipinski definition) is 1. The third-order valence-electron chi connectivity index (χ3n) is 4.79. The summed E-state index contributed by atoms with van der Waals surface area (Å²) in [5.41, 5.74) is 0.680. The number of nitriles is 1. The molecule has 1 saturated carbocycles. The van der Waals surface area contributed by atoms with E-state index in [-0.39, 0.29) is 17.5 Å². The van der Waals surface area contributed by atoms with Crippen molar-refractivity contribution in [1.82, 2.24) is 5.32 Å². The van der Waals surface area contributed by atoms with Crippen molar-refractivity contribution in [2.24, 2.45) is 5.92 Å². The normalized spacial score (nSPS) is 20.0. The zero-order valence-corrected chi connectivity index (χ0v) is 15.8. The number of hydrogen-bond acceptors (Lipinski definition) is 5. The minimum Gasteiger partial charge on any atom is -0.493 e. The first kappa shape index (κ1) is 19.6. The van der Waals surface area contributed by atoms with E-state index in [2.05, 4.69) is 12.2 Å². The van der Waals surface area contributed by atoms with E-state index in [4.69, 9.17) is 14.2 Å². The molecule has 1 aromatic carbocycles. The summed E-state index contributed by atoms with van der Waals surface area (Å²) in [6.45, 7) is 2.14. The van der Waals surface area contributed by atoms with Crippen molar-refractivity contribution in [3.63, 3.8) is 0 Å². The third kappa shape index (κ3) is 4.48. The molecular weight excluding hydrogens is 332 g/mol. The molecule has 0 spiro atoms. The molecule has 0 radical (unpaired) electrons. The van der Waals surface area contributed by atoms with Gasteiger partial charge in [0.2, 0.25) is 5.75 Å². The summed E-state index contributed by atoms with van der Waals surface area (Å²) >= 11 is 0. The zero-order chi connectivity index (χ0) is 19.1. The lowest BCUT2D eigenvalue weighted by Crippen LogP contribution is -2.41. The molecule has 1 aromatic rings. The minimum absolute atomic E-state index is 0.0528. The molecule has 140 valence electrons. The molecule has 2 rings (SSSR count). The molecule has 6 nitrogen and oxygen atoms in total. The molecule has 0 bridgehead atoms. The van der Waals surface area contributed by atoms with Crippen LogP contribution in [-0.4, -0.2) is 33.3 Å². The van der Waals surface area contributed by atoms with Gasteiger partial charge in [-0.1, -0.05) is 19.8 Å². The predicted molar refractivity (Wildman–Crippen MR) is 99.3 cm³/mol. The van der Waals surface area contributed by atoms with E-state index in [9.17, 15) is 10.1 Å². The number of amides is 1. The van der Waals surface area contributed by atoms with Gasteiger partial charge in [0.25, 0.3) is 5.91 Å². The Morgan fingerprint density at radius 1 is 1.15 bits per heavy atom. The molecule has 0 unspecified atom stereocenters. The molecule has 0 heterocycles. The van der Waals surface area contributed by atoms with E-state index in [0.717, 1.165) is 19.3 Å². The van der Waals surface area contributed by atoms with Gasteiger partial charge < -0.3 is 19.5 Å². The van der Waals surface area contributed by atoms with Crippen LogP contribution in [0.4, 0.5) is 0 Å². The maximum atomic E-state index is 12.5. The number of nitrogens with zero attached hydrogens (tertiary/aromatic N) is 1. The van der Waals surface area contributed by atoms with Crippen molar-refractivity contribution in [2.75, 3.05) is 21.3 Å². The van der Waals surface area contributed by atoms with Crippen LogP contribution in [0.3, 0.4) is 0 Å². The van der Waals surface area contributed by atoms with Crippen LogP contribution >= 0.6 is 0 Å². The van der Waals surface area contributed by atoms with E-state index < -0.39 is 0 Å². The van der Waals surface area contributed by atoms with E-state index in [0.29, 0.717) is 28.7 Å². The molecule has 2 atom stereocenters. The maximum Gasteiger partial charge on any atom is 0.262 e. The molecular formula is C20H26N2O4. The monoisotopic (exact) mass is 358 g/mol. The number of benzene rings is 1. The molecule has 1 aliphatic rings. The first-order valence-electron chi connectivity index (χ1n) is 8.76. The summed E-state index contributed by atoms with van der Waals surface area (Å²) in [4.78, 5) is 12.5. The van der Waals surface area contributed by atoms with Crippen molar-refractivity contribution in [2.45, 2.75) is 38.6 Å². The average Bonchev–Trinajstić information content (AvgIpc) is 2.66. The van der Waals surface area contributed by atoms with Crippen LogP contribution in [0.5, 0.6) is 17.2 Å². The van der Waals surface area contributed by atoms with Crippen LogP contribution in [0.15, 0.2) is 17.7 Å². The topological polar surface area (TPSA) is 80.6 Å². The Kier molecular flexibility index (Phi) is 6.90. The molecule has 1 amide bonds. The van der Waals surface area contributed by atoms with E-state index >= 15 is 0 Å². The highest BCUT2D eigenvalue weighted by Gasteiger charge is 2.24. The smallest absolute Gasteiger partial charge is 0.262 e. The predicted octanol–water partition coefficient (Wildman–Crippen LogP) is 3.31. The molecule has 0 saturated heterocycles. The van der Waals surface area contributed by atoms with Gasteiger partial charge in [0.1, 0.15) is 11.6 Å². The summed E-state index contributed by atoms with van der Waals surface area (Å²) in [6, 6.07) is 5.52.